The van der Waals surface area contributed by atoms with E-state index < -0.39 is 11.4 Å². The maximum absolute atomic E-state index is 12.6. The lowest BCUT2D eigenvalue weighted by Gasteiger charge is -2.37. The minimum absolute atomic E-state index is 0.216. The number of hydrogen-bond donors (Lipinski definition) is 1. The molecule has 0 radical (unpaired) electrons. The summed E-state index contributed by atoms with van der Waals surface area (Å²) in [5.41, 5.74) is 6.44. The van der Waals surface area contributed by atoms with Crippen molar-refractivity contribution in [3.63, 3.8) is 0 Å². The fourth-order valence-electron chi connectivity index (χ4n) is 4.83. The summed E-state index contributed by atoms with van der Waals surface area (Å²) in [7, 11) is 0. The van der Waals surface area contributed by atoms with Crippen LogP contribution in [0, 0.1) is 13.8 Å². The van der Waals surface area contributed by atoms with E-state index in [-0.39, 0.29) is 5.75 Å². The van der Waals surface area contributed by atoms with Crippen molar-refractivity contribution in [1.29, 1.82) is 0 Å². The zero-order valence-electron chi connectivity index (χ0n) is 20.9. The largest absolute Gasteiger partial charge is 0.508 e. The molecule has 5 aromatic rings. The van der Waals surface area contributed by atoms with Gasteiger partial charge < -0.3 is 9.84 Å². The second kappa shape index (κ2) is 10.2. The SMILES string of the molecule is Cc1ccc(C(c2ccc(C)cc2)(c2ccc(O)cc2)c2ccc(OC(=O)c3ccccc3)cc2)cc1. The molecule has 0 spiro atoms. The molecule has 182 valence electrons. The first-order chi connectivity index (χ1) is 18.0. The first kappa shape index (κ1) is 24.1. The van der Waals surface area contributed by atoms with Crippen molar-refractivity contribution < 1.29 is 14.6 Å². The summed E-state index contributed by atoms with van der Waals surface area (Å²) in [4.78, 5) is 12.6. The second-order valence-corrected chi connectivity index (χ2v) is 9.31. The number of rotatable bonds is 6. The normalized spacial score (nSPS) is 11.2. The number of carbonyl (C=O) groups is 1. The predicted octanol–water partition coefficient (Wildman–Crippen LogP) is 7.61. The summed E-state index contributed by atoms with van der Waals surface area (Å²) in [6.45, 7) is 4.15. The molecule has 5 aromatic carbocycles. The molecule has 3 nitrogen and oxygen atoms in total. The van der Waals surface area contributed by atoms with Crippen molar-refractivity contribution in [2.75, 3.05) is 0 Å². The van der Waals surface area contributed by atoms with Crippen LogP contribution in [-0.2, 0) is 5.41 Å². The smallest absolute Gasteiger partial charge is 0.343 e. The van der Waals surface area contributed by atoms with Gasteiger partial charge in [0.15, 0.2) is 0 Å². The summed E-state index contributed by atoms with van der Waals surface area (Å²) in [5, 5.41) is 10.1. The Labute approximate surface area is 217 Å². The van der Waals surface area contributed by atoms with Gasteiger partial charge >= 0.3 is 5.97 Å². The Balaban J connectivity index is 1.67. The van der Waals surface area contributed by atoms with Gasteiger partial charge in [0.05, 0.1) is 11.0 Å². The molecule has 3 heteroatoms. The van der Waals surface area contributed by atoms with Gasteiger partial charge in [0, 0.05) is 0 Å². The second-order valence-electron chi connectivity index (χ2n) is 9.31. The highest BCUT2D eigenvalue weighted by Gasteiger charge is 2.38. The Bertz CT molecular complexity index is 1370. The predicted molar refractivity (Wildman–Crippen MR) is 147 cm³/mol. The number of carbonyl (C=O) groups excluding carboxylic acids is 1. The van der Waals surface area contributed by atoms with E-state index in [1.807, 2.05) is 54.6 Å². The van der Waals surface area contributed by atoms with E-state index in [9.17, 15) is 9.90 Å². The number of phenolic OH excluding ortho intramolecular Hbond substituents is 1. The van der Waals surface area contributed by atoms with E-state index in [4.69, 9.17) is 4.74 Å². The lowest BCUT2D eigenvalue weighted by Crippen LogP contribution is -2.31. The molecule has 0 amide bonds. The van der Waals surface area contributed by atoms with E-state index in [0.717, 1.165) is 22.3 Å². The molecule has 0 heterocycles. The molecule has 0 aliphatic heterocycles. The molecule has 0 aliphatic carbocycles. The van der Waals surface area contributed by atoms with Gasteiger partial charge in [-0.1, -0.05) is 102 Å². The third-order valence-electron chi connectivity index (χ3n) is 6.78. The Morgan fingerprint density at radius 1 is 0.568 bits per heavy atom. The highest BCUT2D eigenvalue weighted by molar-refractivity contribution is 5.91. The summed E-state index contributed by atoms with van der Waals surface area (Å²) in [6, 6.07) is 41.2. The summed E-state index contributed by atoms with van der Waals surface area (Å²) < 4.78 is 5.66. The Morgan fingerprint density at radius 2 is 0.973 bits per heavy atom. The standard InChI is InChI=1S/C34H28O3/c1-24-8-12-27(13-9-24)34(28-14-10-25(2)11-15-28,29-16-20-31(35)21-17-29)30-18-22-32(23-19-30)37-33(36)26-6-4-3-5-7-26/h3-23,35H,1-2H3. The van der Waals surface area contributed by atoms with Crippen LogP contribution in [0.5, 0.6) is 11.5 Å². The first-order valence-corrected chi connectivity index (χ1v) is 12.3. The van der Waals surface area contributed by atoms with Crippen LogP contribution >= 0.6 is 0 Å². The Morgan fingerprint density at radius 3 is 1.43 bits per heavy atom. The molecular weight excluding hydrogens is 456 g/mol. The van der Waals surface area contributed by atoms with Crippen LogP contribution < -0.4 is 4.74 Å². The lowest BCUT2D eigenvalue weighted by atomic mass is 9.65. The van der Waals surface area contributed by atoms with Gasteiger partial charge in [0.1, 0.15) is 11.5 Å². The average molecular weight is 485 g/mol. The zero-order valence-corrected chi connectivity index (χ0v) is 20.9. The highest BCUT2D eigenvalue weighted by atomic mass is 16.5. The third-order valence-corrected chi connectivity index (χ3v) is 6.78. The first-order valence-electron chi connectivity index (χ1n) is 12.3. The fourth-order valence-corrected chi connectivity index (χ4v) is 4.83. The van der Waals surface area contributed by atoms with Crippen molar-refractivity contribution in [2.45, 2.75) is 19.3 Å². The number of esters is 1. The molecule has 0 fully saturated rings. The molecule has 0 aliphatic rings. The Kier molecular flexibility index (Phi) is 6.61. The van der Waals surface area contributed by atoms with E-state index in [0.29, 0.717) is 11.3 Å². The number of hydrogen-bond acceptors (Lipinski definition) is 3. The Hall–Kier alpha value is -4.63. The van der Waals surface area contributed by atoms with Gasteiger partial charge in [-0.2, -0.15) is 0 Å². The number of aromatic hydroxyl groups is 1. The molecule has 0 bridgehead atoms. The molecule has 0 aromatic heterocycles. The van der Waals surface area contributed by atoms with Crippen molar-refractivity contribution in [3.05, 3.63) is 166 Å². The van der Waals surface area contributed by atoms with E-state index in [2.05, 4.69) is 62.4 Å². The van der Waals surface area contributed by atoms with Crippen molar-refractivity contribution in [2.24, 2.45) is 0 Å². The third kappa shape index (κ3) is 4.76. The van der Waals surface area contributed by atoms with Gasteiger partial charge in [0.25, 0.3) is 0 Å². The average Bonchev–Trinajstić information content (AvgIpc) is 2.93. The number of aryl methyl sites for hydroxylation is 2. The fraction of sp³-hybridized carbons (Fsp3) is 0.0882. The summed E-state index contributed by atoms with van der Waals surface area (Å²) in [6.07, 6.45) is 0. The molecule has 0 unspecified atom stereocenters. The van der Waals surface area contributed by atoms with Gasteiger partial charge in [-0.25, -0.2) is 4.79 Å². The minimum atomic E-state index is -0.656. The van der Waals surface area contributed by atoms with Crippen LogP contribution in [0.4, 0.5) is 0 Å². The molecular formula is C34H28O3. The van der Waals surface area contributed by atoms with Gasteiger partial charge in [0.2, 0.25) is 0 Å². The maximum atomic E-state index is 12.6. The highest BCUT2D eigenvalue weighted by Crippen LogP contribution is 2.46. The molecule has 1 N–H and O–H groups in total. The molecule has 0 atom stereocenters. The topological polar surface area (TPSA) is 46.5 Å². The molecule has 37 heavy (non-hydrogen) atoms. The van der Waals surface area contributed by atoms with E-state index in [1.54, 1.807) is 24.3 Å². The van der Waals surface area contributed by atoms with E-state index in [1.165, 1.54) is 11.1 Å². The van der Waals surface area contributed by atoms with Crippen molar-refractivity contribution >= 4 is 5.97 Å². The lowest BCUT2D eigenvalue weighted by molar-refractivity contribution is 0.0734. The summed E-state index contributed by atoms with van der Waals surface area (Å²) in [5.74, 6) is 0.300. The maximum Gasteiger partial charge on any atom is 0.343 e. The number of ether oxygens (including phenoxy) is 1. The van der Waals surface area contributed by atoms with E-state index >= 15 is 0 Å². The molecule has 5 rings (SSSR count). The van der Waals surface area contributed by atoms with Crippen LogP contribution in [0.25, 0.3) is 0 Å². The monoisotopic (exact) mass is 484 g/mol. The van der Waals surface area contributed by atoms with Gasteiger partial charge in [-0.05, 0) is 72.5 Å². The molecule has 0 saturated carbocycles. The zero-order chi connectivity index (χ0) is 25.8. The quantitative estimate of drug-likeness (QED) is 0.153. The van der Waals surface area contributed by atoms with Gasteiger partial charge in [-0.3, -0.25) is 0 Å². The number of phenols is 1. The van der Waals surface area contributed by atoms with Crippen molar-refractivity contribution in [1.82, 2.24) is 0 Å². The van der Waals surface area contributed by atoms with Crippen LogP contribution in [0.1, 0.15) is 43.7 Å². The van der Waals surface area contributed by atoms with Crippen LogP contribution in [0.15, 0.2) is 127 Å². The van der Waals surface area contributed by atoms with Crippen LogP contribution in [0.3, 0.4) is 0 Å². The van der Waals surface area contributed by atoms with Gasteiger partial charge in [-0.15, -0.1) is 0 Å². The minimum Gasteiger partial charge on any atom is -0.508 e. The van der Waals surface area contributed by atoms with Crippen LogP contribution in [0.2, 0.25) is 0 Å². The molecule has 0 saturated heterocycles. The van der Waals surface area contributed by atoms with Crippen LogP contribution in [-0.4, -0.2) is 11.1 Å². The number of benzene rings is 5. The summed E-state index contributed by atoms with van der Waals surface area (Å²) >= 11 is 0. The van der Waals surface area contributed by atoms with Crippen molar-refractivity contribution in [3.8, 4) is 11.5 Å².